The highest BCUT2D eigenvalue weighted by Gasteiger charge is 2.47. The van der Waals surface area contributed by atoms with Crippen molar-refractivity contribution in [2.75, 3.05) is 17.2 Å². The van der Waals surface area contributed by atoms with E-state index in [1.165, 1.54) is 18.7 Å². The van der Waals surface area contributed by atoms with Crippen LogP contribution in [0.2, 0.25) is 0 Å². The summed E-state index contributed by atoms with van der Waals surface area (Å²) in [5, 5.41) is 25.4. The second kappa shape index (κ2) is 8.31. The molecule has 11 heteroatoms. The maximum atomic E-state index is 13.1. The standard InChI is InChI=1S/C19H23F2N7O2/c1-18(2)13(4-14(18)29)27-15-11(5-22)7-24-17(28-15)25-8-12-6-23-10-26-16(12)30-9-19(3,20)21/h6-7,10,13-14,29H,4,8-9H2,1-3H3,(H2,24,25,27,28)/t13-,14+/m1/s1. The quantitative estimate of drug-likeness (QED) is 0.590. The number of aromatic nitrogens is 4. The summed E-state index contributed by atoms with van der Waals surface area (Å²) < 4.78 is 31.2. The topological polar surface area (TPSA) is 129 Å². The number of anilines is 2. The lowest BCUT2D eigenvalue weighted by molar-refractivity contribution is -0.0511. The van der Waals surface area contributed by atoms with E-state index in [9.17, 15) is 19.1 Å². The Morgan fingerprint density at radius 3 is 2.77 bits per heavy atom. The molecule has 2 heterocycles. The molecule has 0 radical (unpaired) electrons. The number of nitriles is 1. The first-order chi connectivity index (χ1) is 14.1. The molecule has 0 bridgehead atoms. The van der Waals surface area contributed by atoms with Crippen molar-refractivity contribution in [3.05, 3.63) is 29.8 Å². The number of rotatable bonds is 8. The molecule has 1 aliphatic rings. The zero-order valence-electron chi connectivity index (χ0n) is 16.9. The number of aliphatic hydroxyl groups is 1. The van der Waals surface area contributed by atoms with Gasteiger partial charge in [0, 0.05) is 31.1 Å². The van der Waals surface area contributed by atoms with Crippen molar-refractivity contribution in [1.82, 2.24) is 19.9 Å². The molecule has 2 aromatic rings. The molecule has 0 amide bonds. The number of nitrogens with zero attached hydrogens (tertiary/aromatic N) is 5. The van der Waals surface area contributed by atoms with Gasteiger partial charge in [-0.1, -0.05) is 13.8 Å². The third kappa shape index (κ3) is 4.88. The van der Waals surface area contributed by atoms with Crippen molar-refractivity contribution in [2.24, 2.45) is 5.41 Å². The summed E-state index contributed by atoms with van der Waals surface area (Å²) in [4.78, 5) is 16.2. The zero-order chi connectivity index (χ0) is 21.9. The van der Waals surface area contributed by atoms with Crippen molar-refractivity contribution >= 4 is 11.8 Å². The van der Waals surface area contributed by atoms with E-state index in [-0.39, 0.29) is 35.4 Å². The van der Waals surface area contributed by atoms with E-state index >= 15 is 0 Å². The Labute approximate surface area is 172 Å². The van der Waals surface area contributed by atoms with Gasteiger partial charge in [-0.05, 0) is 6.42 Å². The van der Waals surface area contributed by atoms with Crippen LogP contribution in [0.5, 0.6) is 5.88 Å². The summed E-state index contributed by atoms with van der Waals surface area (Å²) in [6.07, 6.45) is 4.17. The minimum atomic E-state index is -2.99. The molecule has 0 aliphatic heterocycles. The van der Waals surface area contributed by atoms with Crippen molar-refractivity contribution in [3.63, 3.8) is 0 Å². The van der Waals surface area contributed by atoms with Crippen molar-refractivity contribution in [1.29, 1.82) is 5.26 Å². The maximum absolute atomic E-state index is 13.1. The average molecular weight is 419 g/mol. The Kier molecular flexibility index (Phi) is 5.98. The lowest BCUT2D eigenvalue weighted by atomic mass is 9.64. The van der Waals surface area contributed by atoms with Crippen LogP contribution in [-0.2, 0) is 6.54 Å². The van der Waals surface area contributed by atoms with E-state index in [0.29, 0.717) is 17.8 Å². The van der Waals surface area contributed by atoms with Gasteiger partial charge < -0.3 is 20.5 Å². The highest BCUT2D eigenvalue weighted by atomic mass is 19.3. The first kappa shape index (κ1) is 21.6. The van der Waals surface area contributed by atoms with Crippen molar-refractivity contribution in [3.8, 4) is 11.9 Å². The molecule has 0 saturated heterocycles. The normalized spacial score (nSPS) is 20.0. The molecule has 3 rings (SSSR count). The second-order valence-electron chi connectivity index (χ2n) is 7.90. The first-order valence-electron chi connectivity index (χ1n) is 9.35. The number of hydrogen-bond donors (Lipinski definition) is 3. The summed E-state index contributed by atoms with van der Waals surface area (Å²) in [5.74, 6) is -2.37. The minimum Gasteiger partial charge on any atom is -0.471 e. The van der Waals surface area contributed by atoms with Gasteiger partial charge in [0.25, 0.3) is 5.92 Å². The Balaban J connectivity index is 1.70. The SMILES string of the molecule is CC(F)(F)COc1ncncc1CNc1ncc(C#N)c(N[C@@H]2C[C@H](O)C2(C)C)n1. The fraction of sp³-hybridized carbons (Fsp3) is 0.526. The highest BCUT2D eigenvalue weighted by molar-refractivity contribution is 5.54. The molecule has 1 saturated carbocycles. The number of ether oxygens (including phenoxy) is 1. The first-order valence-corrected chi connectivity index (χ1v) is 9.35. The van der Waals surface area contributed by atoms with Gasteiger partial charge in [0.15, 0.2) is 6.61 Å². The van der Waals surface area contributed by atoms with Crippen LogP contribution >= 0.6 is 0 Å². The largest absolute Gasteiger partial charge is 0.471 e. The fourth-order valence-corrected chi connectivity index (χ4v) is 2.94. The summed E-state index contributed by atoms with van der Waals surface area (Å²) in [6.45, 7) is 3.95. The van der Waals surface area contributed by atoms with E-state index in [1.54, 1.807) is 0 Å². The van der Waals surface area contributed by atoms with E-state index in [2.05, 4.69) is 30.6 Å². The monoisotopic (exact) mass is 419 g/mol. The van der Waals surface area contributed by atoms with E-state index in [0.717, 1.165) is 6.92 Å². The summed E-state index contributed by atoms with van der Waals surface area (Å²) in [7, 11) is 0. The number of halogens is 2. The second-order valence-corrected chi connectivity index (χ2v) is 7.90. The summed E-state index contributed by atoms with van der Waals surface area (Å²) >= 11 is 0. The van der Waals surface area contributed by atoms with Crippen LogP contribution in [0.15, 0.2) is 18.7 Å². The van der Waals surface area contributed by atoms with Gasteiger partial charge in [0.1, 0.15) is 23.8 Å². The van der Waals surface area contributed by atoms with Gasteiger partial charge in [-0.2, -0.15) is 10.2 Å². The Morgan fingerprint density at radius 2 is 2.13 bits per heavy atom. The molecule has 1 aliphatic carbocycles. The molecule has 1 fully saturated rings. The van der Waals surface area contributed by atoms with Crippen LogP contribution in [0.3, 0.4) is 0 Å². The predicted octanol–water partition coefficient (Wildman–Crippen LogP) is 2.36. The van der Waals surface area contributed by atoms with E-state index in [4.69, 9.17) is 4.74 Å². The molecular formula is C19H23F2N7O2. The number of aliphatic hydroxyl groups excluding tert-OH is 1. The van der Waals surface area contributed by atoms with Crippen LogP contribution in [-0.4, -0.2) is 49.7 Å². The molecule has 0 spiro atoms. The maximum Gasteiger partial charge on any atom is 0.278 e. The van der Waals surface area contributed by atoms with E-state index < -0.39 is 18.6 Å². The number of nitrogens with one attached hydrogen (secondary N) is 2. The number of alkyl halides is 2. The smallest absolute Gasteiger partial charge is 0.278 e. The van der Waals surface area contributed by atoms with Crippen LogP contribution in [0, 0.1) is 16.7 Å². The Morgan fingerprint density at radius 1 is 1.37 bits per heavy atom. The fourth-order valence-electron chi connectivity index (χ4n) is 2.94. The Hall–Kier alpha value is -3.13. The van der Waals surface area contributed by atoms with Crippen molar-refractivity contribution in [2.45, 2.75) is 51.8 Å². The van der Waals surface area contributed by atoms with Gasteiger partial charge in [-0.25, -0.2) is 23.7 Å². The van der Waals surface area contributed by atoms with Crippen LogP contribution in [0.4, 0.5) is 20.5 Å². The minimum absolute atomic E-state index is 0.0382. The van der Waals surface area contributed by atoms with Crippen LogP contribution in [0.25, 0.3) is 0 Å². The third-order valence-corrected chi connectivity index (χ3v) is 5.08. The van der Waals surface area contributed by atoms with Gasteiger partial charge in [-0.15, -0.1) is 0 Å². The molecule has 0 unspecified atom stereocenters. The van der Waals surface area contributed by atoms with Crippen molar-refractivity contribution < 1.29 is 18.6 Å². The Bertz CT molecular complexity index is 943. The molecule has 160 valence electrons. The zero-order valence-corrected chi connectivity index (χ0v) is 16.9. The molecule has 2 aromatic heterocycles. The molecule has 30 heavy (non-hydrogen) atoms. The summed E-state index contributed by atoms with van der Waals surface area (Å²) in [6, 6.07) is 2.00. The van der Waals surface area contributed by atoms with Gasteiger partial charge in [0.05, 0.1) is 17.9 Å². The molecule has 2 atom stereocenters. The van der Waals surface area contributed by atoms with Gasteiger partial charge in [0.2, 0.25) is 11.8 Å². The molecular weight excluding hydrogens is 396 g/mol. The van der Waals surface area contributed by atoms with Gasteiger partial charge in [-0.3, -0.25) is 0 Å². The van der Waals surface area contributed by atoms with Crippen LogP contribution in [0.1, 0.15) is 38.3 Å². The van der Waals surface area contributed by atoms with Gasteiger partial charge >= 0.3 is 0 Å². The number of hydrogen-bond acceptors (Lipinski definition) is 9. The predicted molar refractivity (Wildman–Crippen MR) is 104 cm³/mol. The average Bonchev–Trinajstić information content (AvgIpc) is 2.70. The lowest BCUT2D eigenvalue weighted by Gasteiger charge is -2.49. The highest BCUT2D eigenvalue weighted by Crippen LogP contribution is 2.42. The molecule has 9 nitrogen and oxygen atoms in total. The molecule has 3 N–H and O–H groups in total. The van der Waals surface area contributed by atoms with Crippen LogP contribution < -0.4 is 15.4 Å². The molecule has 0 aromatic carbocycles. The van der Waals surface area contributed by atoms with E-state index in [1.807, 2.05) is 19.9 Å². The third-order valence-electron chi connectivity index (χ3n) is 5.08. The lowest BCUT2D eigenvalue weighted by Crippen LogP contribution is -2.57. The summed E-state index contributed by atoms with van der Waals surface area (Å²) in [5.41, 5.74) is 0.377.